The smallest absolute Gasteiger partial charge is 0.222 e. The summed E-state index contributed by atoms with van der Waals surface area (Å²) >= 11 is 0. The molecule has 1 saturated carbocycles. The van der Waals surface area contributed by atoms with Crippen LogP contribution in [0.25, 0.3) is 0 Å². The van der Waals surface area contributed by atoms with Crippen molar-refractivity contribution in [2.75, 3.05) is 13.2 Å². The first-order chi connectivity index (χ1) is 11.1. The zero-order chi connectivity index (χ0) is 16.7. The van der Waals surface area contributed by atoms with Gasteiger partial charge in [-0.1, -0.05) is 31.4 Å². The van der Waals surface area contributed by atoms with Gasteiger partial charge in [0.25, 0.3) is 0 Å². The maximum Gasteiger partial charge on any atom is 0.222 e. The molecule has 2 aliphatic rings. The van der Waals surface area contributed by atoms with Gasteiger partial charge in [0, 0.05) is 13.5 Å². The van der Waals surface area contributed by atoms with E-state index in [4.69, 9.17) is 4.74 Å². The van der Waals surface area contributed by atoms with Crippen LogP contribution in [0.3, 0.4) is 0 Å². The van der Waals surface area contributed by atoms with E-state index in [2.05, 4.69) is 10.6 Å². The van der Waals surface area contributed by atoms with E-state index >= 15 is 0 Å². The Bertz CT molecular complexity index is 432. The number of hydrogen-bond acceptors (Lipinski definition) is 4. The Kier molecular flexibility index (Phi) is 7.05. The third-order valence-electron chi connectivity index (χ3n) is 4.53. The molecule has 1 heterocycles. The average molecular weight is 324 g/mol. The molecular formula is C17H28N2O4. The molecule has 0 radical (unpaired) electrons. The fourth-order valence-corrected chi connectivity index (χ4v) is 3.27. The fraction of sp³-hybridized carbons (Fsp3) is 0.765. The standard InChI is InChI=1S/C17H28N2O4/c1-12(21)19-15-8-7-14(23-16(15)11-20)9-17(22)18-10-13-5-3-2-4-6-13/h7-8,13-16,20H,2-6,9-11H2,1H3,(H,18,22)(H,19,21)/t14-,15+,16+/m0/s1. The van der Waals surface area contributed by atoms with Crippen LogP contribution in [0, 0.1) is 5.92 Å². The number of aliphatic hydroxyl groups excluding tert-OH is 1. The summed E-state index contributed by atoms with van der Waals surface area (Å²) in [5, 5.41) is 15.1. The Labute approximate surface area is 137 Å². The van der Waals surface area contributed by atoms with Crippen LogP contribution in [-0.4, -0.2) is 48.3 Å². The molecule has 6 nitrogen and oxygen atoms in total. The minimum absolute atomic E-state index is 0.0279. The molecule has 2 amide bonds. The lowest BCUT2D eigenvalue weighted by atomic mass is 9.89. The van der Waals surface area contributed by atoms with E-state index in [1.54, 1.807) is 12.2 Å². The number of nitrogens with one attached hydrogen (secondary N) is 2. The van der Waals surface area contributed by atoms with Crippen LogP contribution in [-0.2, 0) is 14.3 Å². The van der Waals surface area contributed by atoms with E-state index in [0.29, 0.717) is 5.92 Å². The summed E-state index contributed by atoms with van der Waals surface area (Å²) in [7, 11) is 0. The molecule has 1 fully saturated rings. The average Bonchev–Trinajstić information content (AvgIpc) is 2.55. The number of hydrogen-bond donors (Lipinski definition) is 3. The van der Waals surface area contributed by atoms with Gasteiger partial charge in [-0.25, -0.2) is 0 Å². The predicted octanol–water partition coefficient (Wildman–Crippen LogP) is 0.894. The Morgan fingerprint density at radius 1 is 1.22 bits per heavy atom. The summed E-state index contributed by atoms with van der Waals surface area (Å²) in [6, 6.07) is -0.348. The van der Waals surface area contributed by atoms with Gasteiger partial charge in [0.15, 0.2) is 0 Å². The van der Waals surface area contributed by atoms with Crippen molar-refractivity contribution in [2.24, 2.45) is 5.92 Å². The molecule has 0 saturated heterocycles. The fourth-order valence-electron chi connectivity index (χ4n) is 3.27. The number of carbonyl (C=O) groups excluding carboxylic acids is 2. The van der Waals surface area contributed by atoms with E-state index in [1.165, 1.54) is 39.0 Å². The highest BCUT2D eigenvalue weighted by Gasteiger charge is 2.28. The minimum atomic E-state index is -0.514. The van der Waals surface area contributed by atoms with E-state index in [-0.39, 0.29) is 37.0 Å². The van der Waals surface area contributed by atoms with Gasteiger partial charge in [-0.15, -0.1) is 0 Å². The van der Waals surface area contributed by atoms with Crippen molar-refractivity contribution in [2.45, 2.75) is 63.7 Å². The highest BCUT2D eigenvalue weighted by atomic mass is 16.5. The van der Waals surface area contributed by atoms with E-state index in [1.807, 2.05) is 0 Å². The van der Waals surface area contributed by atoms with Gasteiger partial charge in [0.1, 0.15) is 6.10 Å². The molecule has 3 N–H and O–H groups in total. The Hall–Kier alpha value is -1.40. The normalized spacial score (nSPS) is 28.3. The topological polar surface area (TPSA) is 87.7 Å². The number of carbonyl (C=O) groups is 2. The highest BCUT2D eigenvalue weighted by molar-refractivity contribution is 5.76. The lowest BCUT2D eigenvalue weighted by molar-refractivity contribution is -0.127. The van der Waals surface area contributed by atoms with Crippen molar-refractivity contribution in [1.29, 1.82) is 0 Å². The molecule has 23 heavy (non-hydrogen) atoms. The second-order valence-electron chi connectivity index (χ2n) is 6.52. The van der Waals surface area contributed by atoms with Gasteiger partial charge in [0.2, 0.25) is 11.8 Å². The SMILES string of the molecule is CC(=O)N[C@@H]1C=C[C@@H](CC(=O)NCC2CCCCC2)O[C@@H]1CO. The van der Waals surface area contributed by atoms with E-state index in [0.717, 1.165) is 6.54 Å². The third-order valence-corrected chi connectivity index (χ3v) is 4.53. The first-order valence-corrected chi connectivity index (χ1v) is 8.57. The van der Waals surface area contributed by atoms with Crippen LogP contribution in [0.1, 0.15) is 45.4 Å². The van der Waals surface area contributed by atoms with Crippen molar-refractivity contribution < 1.29 is 19.4 Å². The van der Waals surface area contributed by atoms with Crippen LogP contribution in [0.15, 0.2) is 12.2 Å². The quantitative estimate of drug-likeness (QED) is 0.633. The molecule has 0 aromatic heterocycles. The lowest BCUT2D eigenvalue weighted by Crippen LogP contribution is -2.48. The van der Waals surface area contributed by atoms with Crippen molar-refractivity contribution in [1.82, 2.24) is 10.6 Å². The predicted molar refractivity (Wildman–Crippen MR) is 86.7 cm³/mol. The molecule has 0 bridgehead atoms. The van der Waals surface area contributed by atoms with Gasteiger partial charge >= 0.3 is 0 Å². The second-order valence-corrected chi connectivity index (χ2v) is 6.52. The first-order valence-electron chi connectivity index (χ1n) is 8.57. The molecule has 0 aromatic carbocycles. The second kappa shape index (κ2) is 9.03. The summed E-state index contributed by atoms with van der Waals surface area (Å²) in [5.74, 6) is 0.398. The van der Waals surface area contributed by atoms with Gasteiger partial charge in [0.05, 0.1) is 25.2 Å². The monoisotopic (exact) mass is 324 g/mol. The molecular weight excluding hydrogens is 296 g/mol. The number of aliphatic hydroxyl groups is 1. The lowest BCUT2D eigenvalue weighted by Gasteiger charge is -2.31. The molecule has 1 aliphatic carbocycles. The van der Waals surface area contributed by atoms with Crippen LogP contribution < -0.4 is 10.6 Å². The maximum absolute atomic E-state index is 12.1. The molecule has 2 rings (SSSR count). The van der Waals surface area contributed by atoms with Crippen LogP contribution in [0.4, 0.5) is 0 Å². The summed E-state index contributed by atoms with van der Waals surface area (Å²) < 4.78 is 5.70. The third kappa shape index (κ3) is 5.95. The number of amides is 2. The number of rotatable bonds is 6. The Balaban J connectivity index is 1.76. The van der Waals surface area contributed by atoms with E-state index in [9.17, 15) is 14.7 Å². The first kappa shape index (κ1) is 17.9. The van der Waals surface area contributed by atoms with E-state index < -0.39 is 6.10 Å². The van der Waals surface area contributed by atoms with Crippen molar-refractivity contribution >= 4 is 11.8 Å². The summed E-state index contributed by atoms with van der Waals surface area (Å²) in [6.07, 6.45) is 9.18. The van der Waals surface area contributed by atoms with Crippen molar-refractivity contribution in [3.63, 3.8) is 0 Å². The minimum Gasteiger partial charge on any atom is -0.394 e. The highest BCUT2D eigenvalue weighted by Crippen LogP contribution is 2.23. The molecule has 6 heteroatoms. The van der Waals surface area contributed by atoms with Crippen molar-refractivity contribution in [3.8, 4) is 0 Å². The zero-order valence-electron chi connectivity index (χ0n) is 13.8. The summed E-state index contributed by atoms with van der Waals surface area (Å²) in [4.78, 5) is 23.2. The van der Waals surface area contributed by atoms with Crippen molar-refractivity contribution in [3.05, 3.63) is 12.2 Å². The molecule has 1 aliphatic heterocycles. The van der Waals surface area contributed by atoms with Crippen LogP contribution >= 0.6 is 0 Å². The largest absolute Gasteiger partial charge is 0.394 e. The molecule has 0 aromatic rings. The molecule has 0 spiro atoms. The Morgan fingerprint density at radius 3 is 2.61 bits per heavy atom. The Morgan fingerprint density at radius 2 is 1.96 bits per heavy atom. The van der Waals surface area contributed by atoms with Crippen LogP contribution in [0.2, 0.25) is 0 Å². The summed E-state index contributed by atoms with van der Waals surface area (Å²) in [5.41, 5.74) is 0. The summed E-state index contributed by atoms with van der Waals surface area (Å²) in [6.45, 7) is 1.97. The van der Waals surface area contributed by atoms with Crippen LogP contribution in [0.5, 0.6) is 0 Å². The molecule has 3 atom stereocenters. The molecule has 130 valence electrons. The number of ether oxygens (including phenoxy) is 1. The molecule has 0 unspecified atom stereocenters. The van der Waals surface area contributed by atoms with Gasteiger partial charge in [-0.2, -0.15) is 0 Å². The maximum atomic E-state index is 12.1. The van der Waals surface area contributed by atoms with Gasteiger partial charge in [-0.3, -0.25) is 9.59 Å². The zero-order valence-corrected chi connectivity index (χ0v) is 13.8. The van der Waals surface area contributed by atoms with Gasteiger partial charge in [-0.05, 0) is 18.8 Å². The van der Waals surface area contributed by atoms with Gasteiger partial charge < -0.3 is 20.5 Å².